The van der Waals surface area contributed by atoms with E-state index in [1.165, 1.54) is 6.07 Å². The second-order valence-electron chi connectivity index (χ2n) is 4.63. The van der Waals surface area contributed by atoms with Crippen molar-refractivity contribution in [3.63, 3.8) is 0 Å². The quantitative estimate of drug-likeness (QED) is 0.841. The van der Waals surface area contributed by atoms with Crippen LogP contribution in [0.15, 0.2) is 47.6 Å². The van der Waals surface area contributed by atoms with Gasteiger partial charge in [0.15, 0.2) is 0 Å². The monoisotopic (exact) mass is 340 g/mol. The Morgan fingerprint density at radius 2 is 2.14 bits per heavy atom. The van der Waals surface area contributed by atoms with Gasteiger partial charge in [0, 0.05) is 24.0 Å². The average Bonchev–Trinajstić information content (AvgIpc) is 2.53. The standard InChI is InChI=1S/C15H17ClN2O3S/c1-2-8-21-14-6-5-13(16)9-15(14)22(19,20)18-11-12-4-3-7-17-10-12/h3-7,9-10,18H,2,8,11H2,1H3. The van der Waals surface area contributed by atoms with E-state index in [1.807, 2.05) is 6.92 Å². The Morgan fingerprint density at radius 1 is 1.32 bits per heavy atom. The molecular weight excluding hydrogens is 324 g/mol. The third-order valence-corrected chi connectivity index (χ3v) is 4.50. The molecule has 0 radical (unpaired) electrons. The lowest BCUT2D eigenvalue weighted by Gasteiger charge is -2.12. The second kappa shape index (κ2) is 7.58. The summed E-state index contributed by atoms with van der Waals surface area (Å²) in [6, 6.07) is 8.10. The van der Waals surface area contributed by atoms with Crippen LogP contribution < -0.4 is 9.46 Å². The lowest BCUT2D eigenvalue weighted by atomic mass is 10.3. The second-order valence-corrected chi connectivity index (χ2v) is 6.80. The Hall–Kier alpha value is -1.63. The number of hydrogen-bond acceptors (Lipinski definition) is 4. The summed E-state index contributed by atoms with van der Waals surface area (Å²) in [5, 5.41) is 0.339. The SMILES string of the molecule is CCCOc1ccc(Cl)cc1S(=O)(=O)NCc1cccnc1. The molecule has 1 aromatic heterocycles. The van der Waals surface area contributed by atoms with Crippen LogP contribution in [0.5, 0.6) is 5.75 Å². The van der Waals surface area contributed by atoms with Gasteiger partial charge in [-0.25, -0.2) is 13.1 Å². The first-order valence-corrected chi connectivity index (χ1v) is 8.70. The van der Waals surface area contributed by atoms with Crippen LogP contribution in [0.2, 0.25) is 5.02 Å². The summed E-state index contributed by atoms with van der Waals surface area (Å²) < 4.78 is 33.0. The van der Waals surface area contributed by atoms with Gasteiger partial charge in [-0.1, -0.05) is 24.6 Å². The summed E-state index contributed by atoms with van der Waals surface area (Å²) >= 11 is 5.92. The molecular formula is C15H17ClN2O3S. The molecule has 0 atom stereocenters. The first-order chi connectivity index (χ1) is 10.5. The first kappa shape index (κ1) is 16.7. The summed E-state index contributed by atoms with van der Waals surface area (Å²) in [7, 11) is -3.73. The Kier molecular flexibility index (Phi) is 5.76. The minimum Gasteiger partial charge on any atom is -0.492 e. The van der Waals surface area contributed by atoms with Crippen molar-refractivity contribution in [2.75, 3.05) is 6.61 Å². The molecule has 0 fully saturated rings. The topological polar surface area (TPSA) is 68.3 Å². The molecule has 0 aliphatic carbocycles. The van der Waals surface area contributed by atoms with E-state index in [2.05, 4.69) is 9.71 Å². The lowest BCUT2D eigenvalue weighted by Crippen LogP contribution is -2.24. The number of benzene rings is 1. The molecule has 0 bridgehead atoms. The molecule has 0 unspecified atom stereocenters. The van der Waals surface area contributed by atoms with Gasteiger partial charge in [-0.2, -0.15) is 0 Å². The summed E-state index contributed by atoms with van der Waals surface area (Å²) in [4.78, 5) is 3.99. The highest BCUT2D eigenvalue weighted by Gasteiger charge is 2.20. The molecule has 0 spiro atoms. The Balaban J connectivity index is 2.22. The Labute approximate surface area is 135 Å². The zero-order valence-corrected chi connectivity index (χ0v) is 13.7. The number of pyridine rings is 1. The third-order valence-electron chi connectivity index (χ3n) is 2.85. The number of nitrogens with zero attached hydrogens (tertiary/aromatic N) is 1. The summed E-state index contributed by atoms with van der Waals surface area (Å²) in [5.41, 5.74) is 0.768. The van der Waals surface area contributed by atoms with Gasteiger partial charge >= 0.3 is 0 Å². The molecule has 22 heavy (non-hydrogen) atoms. The molecule has 0 saturated heterocycles. The van der Waals surface area contributed by atoms with E-state index in [0.29, 0.717) is 17.4 Å². The van der Waals surface area contributed by atoms with Gasteiger partial charge in [-0.15, -0.1) is 0 Å². The van der Waals surface area contributed by atoms with Crippen LogP contribution in [0.25, 0.3) is 0 Å². The molecule has 118 valence electrons. The molecule has 2 aromatic rings. The maximum absolute atomic E-state index is 12.5. The van der Waals surface area contributed by atoms with Gasteiger partial charge in [0.25, 0.3) is 0 Å². The summed E-state index contributed by atoms with van der Waals surface area (Å²) in [6.45, 7) is 2.54. The average molecular weight is 341 g/mol. The van der Waals surface area contributed by atoms with Crippen molar-refractivity contribution in [2.45, 2.75) is 24.8 Å². The van der Waals surface area contributed by atoms with Crippen LogP contribution in [0.4, 0.5) is 0 Å². The van der Waals surface area contributed by atoms with Gasteiger partial charge in [0.1, 0.15) is 10.6 Å². The van der Waals surface area contributed by atoms with E-state index in [0.717, 1.165) is 12.0 Å². The van der Waals surface area contributed by atoms with Crippen LogP contribution in [0.1, 0.15) is 18.9 Å². The number of ether oxygens (including phenoxy) is 1. The predicted molar refractivity (Wildman–Crippen MR) is 85.5 cm³/mol. The van der Waals surface area contributed by atoms with E-state index in [9.17, 15) is 8.42 Å². The number of halogens is 1. The number of nitrogens with one attached hydrogen (secondary N) is 1. The van der Waals surface area contributed by atoms with Gasteiger partial charge in [-0.05, 0) is 36.2 Å². The molecule has 0 saturated carbocycles. The lowest BCUT2D eigenvalue weighted by molar-refractivity contribution is 0.309. The van der Waals surface area contributed by atoms with Crippen molar-refractivity contribution < 1.29 is 13.2 Å². The molecule has 1 heterocycles. The molecule has 2 rings (SSSR count). The number of hydrogen-bond donors (Lipinski definition) is 1. The van der Waals surface area contributed by atoms with Crippen molar-refractivity contribution in [1.82, 2.24) is 9.71 Å². The zero-order chi connectivity index (χ0) is 16.0. The largest absolute Gasteiger partial charge is 0.492 e. The maximum atomic E-state index is 12.5. The molecule has 0 aliphatic rings. The smallest absolute Gasteiger partial charge is 0.244 e. The van der Waals surface area contributed by atoms with E-state index in [1.54, 1.807) is 36.7 Å². The van der Waals surface area contributed by atoms with Crippen LogP contribution >= 0.6 is 11.6 Å². The van der Waals surface area contributed by atoms with E-state index in [4.69, 9.17) is 16.3 Å². The molecule has 7 heteroatoms. The van der Waals surface area contributed by atoms with E-state index >= 15 is 0 Å². The number of sulfonamides is 1. The van der Waals surface area contributed by atoms with Gasteiger partial charge in [0.2, 0.25) is 10.0 Å². The van der Waals surface area contributed by atoms with Gasteiger partial charge in [0.05, 0.1) is 6.61 Å². The number of rotatable bonds is 7. The van der Waals surface area contributed by atoms with Crippen molar-refractivity contribution in [2.24, 2.45) is 0 Å². The normalized spacial score (nSPS) is 11.4. The van der Waals surface area contributed by atoms with Crippen molar-refractivity contribution in [3.8, 4) is 5.75 Å². The van der Waals surface area contributed by atoms with Crippen LogP contribution in [0, 0.1) is 0 Å². The molecule has 0 amide bonds. The van der Waals surface area contributed by atoms with Gasteiger partial charge in [-0.3, -0.25) is 4.98 Å². The van der Waals surface area contributed by atoms with Crippen LogP contribution in [-0.2, 0) is 16.6 Å². The van der Waals surface area contributed by atoms with Crippen molar-refractivity contribution in [1.29, 1.82) is 0 Å². The fourth-order valence-electron chi connectivity index (χ4n) is 1.78. The van der Waals surface area contributed by atoms with Crippen molar-refractivity contribution >= 4 is 21.6 Å². The first-order valence-electron chi connectivity index (χ1n) is 6.84. The highest BCUT2D eigenvalue weighted by Crippen LogP contribution is 2.27. The summed E-state index contributed by atoms with van der Waals surface area (Å²) in [5.74, 6) is 0.296. The number of aromatic nitrogens is 1. The highest BCUT2D eigenvalue weighted by atomic mass is 35.5. The highest BCUT2D eigenvalue weighted by molar-refractivity contribution is 7.89. The maximum Gasteiger partial charge on any atom is 0.244 e. The minimum absolute atomic E-state index is 0.0392. The molecule has 5 nitrogen and oxygen atoms in total. The van der Waals surface area contributed by atoms with Crippen molar-refractivity contribution in [3.05, 3.63) is 53.3 Å². The van der Waals surface area contributed by atoms with Crippen LogP contribution in [-0.4, -0.2) is 20.0 Å². The minimum atomic E-state index is -3.73. The zero-order valence-electron chi connectivity index (χ0n) is 12.1. The molecule has 1 N–H and O–H groups in total. The predicted octanol–water partition coefficient (Wildman–Crippen LogP) is 3.00. The fraction of sp³-hybridized carbons (Fsp3) is 0.267. The summed E-state index contributed by atoms with van der Waals surface area (Å²) in [6.07, 6.45) is 4.02. The Morgan fingerprint density at radius 3 is 2.82 bits per heavy atom. The third kappa shape index (κ3) is 4.43. The fourth-order valence-corrected chi connectivity index (χ4v) is 3.20. The molecule has 1 aromatic carbocycles. The van der Waals surface area contributed by atoms with E-state index in [-0.39, 0.29) is 11.4 Å². The molecule has 0 aliphatic heterocycles. The Bertz CT molecular complexity index is 721. The van der Waals surface area contributed by atoms with Crippen LogP contribution in [0.3, 0.4) is 0 Å². The van der Waals surface area contributed by atoms with E-state index < -0.39 is 10.0 Å². The van der Waals surface area contributed by atoms with Gasteiger partial charge < -0.3 is 4.74 Å².